The molecule has 0 aliphatic heterocycles. The van der Waals surface area contributed by atoms with Gasteiger partial charge in [0.2, 0.25) is 0 Å². The van der Waals surface area contributed by atoms with Crippen molar-refractivity contribution in [2.24, 2.45) is 11.7 Å². The van der Waals surface area contributed by atoms with E-state index in [0.717, 1.165) is 16.9 Å². The van der Waals surface area contributed by atoms with Gasteiger partial charge in [-0.15, -0.1) is 0 Å². The van der Waals surface area contributed by atoms with Gasteiger partial charge < -0.3 is 11.1 Å². The van der Waals surface area contributed by atoms with E-state index < -0.39 is 0 Å². The van der Waals surface area contributed by atoms with Crippen molar-refractivity contribution < 1.29 is 0 Å². The Morgan fingerprint density at radius 1 is 1.12 bits per heavy atom. The van der Waals surface area contributed by atoms with Crippen molar-refractivity contribution in [3.8, 4) is 0 Å². The fraction of sp³-hybridized carbons (Fsp3) is 0.538. The number of hydrogen-bond acceptors (Lipinski definition) is 2. The summed E-state index contributed by atoms with van der Waals surface area (Å²) < 4.78 is 1.13. The van der Waals surface area contributed by atoms with Crippen LogP contribution >= 0.6 is 15.9 Å². The highest BCUT2D eigenvalue weighted by Gasteiger charge is 2.17. The Morgan fingerprint density at radius 3 is 2.38 bits per heavy atom. The number of anilines is 1. The summed E-state index contributed by atoms with van der Waals surface area (Å²) in [5, 5.41) is 3.49. The monoisotopic (exact) mass is 282 g/mol. The van der Waals surface area contributed by atoms with Gasteiger partial charge in [0.05, 0.1) is 0 Å². The minimum absolute atomic E-state index is 0.448. The minimum atomic E-state index is 0.448. The normalized spacial score (nSPS) is 25.4. The molecule has 16 heavy (non-hydrogen) atoms. The number of hydrogen-bond donors (Lipinski definition) is 2. The highest BCUT2D eigenvalue weighted by Crippen LogP contribution is 2.23. The third-order valence-electron chi connectivity index (χ3n) is 3.33. The Hall–Kier alpha value is -0.540. The first-order valence-electron chi connectivity index (χ1n) is 5.99. The molecule has 2 rings (SSSR count). The molecule has 0 heterocycles. The lowest BCUT2D eigenvalue weighted by molar-refractivity contribution is 0.339. The maximum Gasteiger partial charge on any atom is 0.0341 e. The molecule has 3 heteroatoms. The largest absolute Gasteiger partial charge is 0.385 e. The van der Waals surface area contributed by atoms with Crippen LogP contribution in [0.5, 0.6) is 0 Å². The molecular weight excluding hydrogens is 264 g/mol. The Balaban J connectivity index is 1.77. The molecule has 1 aliphatic carbocycles. The average Bonchev–Trinajstić information content (AvgIpc) is 2.30. The van der Waals surface area contributed by atoms with E-state index in [-0.39, 0.29) is 0 Å². The highest BCUT2D eigenvalue weighted by atomic mass is 79.9. The summed E-state index contributed by atoms with van der Waals surface area (Å²) in [6.45, 7) is 1.08. The molecule has 0 radical (unpaired) electrons. The van der Waals surface area contributed by atoms with Gasteiger partial charge in [-0.3, -0.25) is 0 Å². The molecule has 1 saturated carbocycles. The van der Waals surface area contributed by atoms with Crippen LogP contribution in [-0.2, 0) is 0 Å². The van der Waals surface area contributed by atoms with Crippen molar-refractivity contribution in [3.63, 3.8) is 0 Å². The Morgan fingerprint density at radius 2 is 1.75 bits per heavy atom. The van der Waals surface area contributed by atoms with Crippen molar-refractivity contribution in [1.82, 2.24) is 0 Å². The molecule has 1 fully saturated rings. The van der Waals surface area contributed by atoms with E-state index in [1.54, 1.807) is 0 Å². The number of rotatable bonds is 3. The zero-order chi connectivity index (χ0) is 11.4. The Labute approximate surface area is 106 Å². The van der Waals surface area contributed by atoms with Gasteiger partial charge in [-0.25, -0.2) is 0 Å². The molecule has 1 aliphatic rings. The molecule has 1 aromatic rings. The predicted octanol–water partition coefficient (Wildman–Crippen LogP) is 3.38. The van der Waals surface area contributed by atoms with Gasteiger partial charge in [-0.2, -0.15) is 0 Å². The lowest BCUT2D eigenvalue weighted by Gasteiger charge is -2.26. The van der Waals surface area contributed by atoms with Crippen LogP contribution in [0.4, 0.5) is 5.69 Å². The Bertz CT molecular complexity index is 315. The molecule has 88 valence electrons. The van der Waals surface area contributed by atoms with Crippen LogP contribution in [-0.4, -0.2) is 12.6 Å². The van der Waals surface area contributed by atoms with Gasteiger partial charge >= 0.3 is 0 Å². The zero-order valence-electron chi connectivity index (χ0n) is 9.45. The van der Waals surface area contributed by atoms with Crippen LogP contribution in [0.3, 0.4) is 0 Å². The molecule has 0 saturated heterocycles. The average molecular weight is 283 g/mol. The summed E-state index contributed by atoms with van der Waals surface area (Å²) in [6.07, 6.45) is 4.91. The van der Waals surface area contributed by atoms with E-state index in [9.17, 15) is 0 Å². The van der Waals surface area contributed by atoms with Gasteiger partial charge in [0.15, 0.2) is 0 Å². The van der Waals surface area contributed by atoms with Crippen molar-refractivity contribution in [2.45, 2.75) is 31.7 Å². The molecule has 0 atom stereocenters. The summed E-state index contributed by atoms with van der Waals surface area (Å²) >= 11 is 3.44. The summed E-state index contributed by atoms with van der Waals surface area (Å²) in [4.78, 5) is 0. The van der Waals surface area contributed by atoms with E-state index in [4.69, 9.17) is 5.73 Å². The number of nitrogens with one attached hydrogen (secondary N) is 1. The van der Waals surface area contributed by atoms with Crippen LogP contribution in [0.15, 0.2) is 28.7 Å². The summed E-state index contributed by atoms with van der Waals surface area (Å²) in [7, 11) is 0. The maximum absolute atomic E-state index is 5.90. The number of nitrogens with two attached hydrogens (primary N) is 1. The van der Waals surface area contributed by atoms with Crippen molar-refractivity contribution in [3.05, 3.63) is 28.7 Å². The Kier molecular flexibility index (Phi) is 4.24. The molecule has 1 aromatic carbocycles. The molecule has 3 N–H and O–H groups in total. The first-order valence-corrected chi connectivity index (χ1v) is 6.78. The van der Waals surface area contributed by atoms with Gasteiger partial charge in [0.1, 0.15) is 0 Å². The first kappa shape index (κ1) is 11.9. The number of benzene rings is 1. The zero-order valence-corrected chi connectivity index (χ0v) is 11.0. The van der Waals surface area contributed by atoms with Crippen molar-refractivity contribution in [2.75, 3.05) is 11.9 Å². The molecule has 0 unspecified atom stereocenters. The van der Waals surface area contributed by atoms with Gasteiger partial charge in [-0.1, -0.05) is 15.9 Å². The predicted molar refractivity (Wildman–Crippen MR) is 72.6 cm³/mol. The summed E-state index contributed by atoms with van der Waals surface area (Å²) in [5.74, 6) is 0.795. The van der Waals surface area contributed by atoms with Crippen LogP contribution in [0.1, 0.15) is 25.7 Å². The van der Waals surface area contributed by atoms with Crippen molar-refractivity contribution >= 4 is 21.6 Å². The standard InChI is InChI=1S/C13H19BrN2/c14-11-3-7-13(8-4-11)16-9-10-1-5-12(15)6-2-10/h3-4,7-8,10,12,16H,1-2,5-6,9,15H2. The minimum Gasteiger partial charge on any atom is -0.385 e. The molecular formula is C13H19BrN2. The summed E-state index contributed by atoms with van der Waals surface area (Å²) in [5.41, 5.74) is 7.10. The van der Waals surface area contributed by atoms with E-state index in [1.165, 1.54) is 31.4 Å². The van der Waals surface area contributed by atoms with Gasteiger partial charge in [0, 0.05) is 22.7 Å². The second-order valence-corrected chi connectivity index (χ2v) is 5.58. The van der Waals surface area contributed by atoms with Gasteiger partial charge in [-0.05, 0) is 55.9 Å². The lowest BCUT2D eigenvalue weighted by Crippen LogP contribution is -2.29. The van der Waals surface area contributed by atoms with Crippen LogP contribution in [0.2, 0.25) is 0 Å². The molecule has 2 nitrogen and oxygen atoms in total. The molecule has 0 bridgehead atoms. The maximum atomic E-state index is 5.90. The molecule has 0 aromatic heterocycles. The quantitative estimate of drug-likeness (QED) is 0.892. The smallest absolute Gasteiger partial charge is 0.0341 e. The van der Waals surface area contributed by atoms with Crippen molar-refractivity contribution in [1.29, 1.82) is 0 Å². The fourth-order valence-electron chi connectivity index (χ4n) is 2.22. The molecule has 0 spiro atoms. The second kappa shape index (κ2) is 5.69. The van der Waals surface area contributed by atoms with Crippen LogP contribution in [0, 0.1) is 5.92 Å². The highest BCUT2D eigenvalue weighted by molar-refractivity contribution is 9.10. The third-order valence-corrected chi connectivity index (χ3v) is 3.86. The molecule has 0 amide bonds. The fourth-order valence-corrected chi connectivity index (χ4v) is 2.49. The lowest BCUT2D eigenvalue weighted by atomic mass is 9.86. The van der Waals surface area contributed by atoms with Crippen LogP contribution in [0.25, 0.3) is 0 Å². The van der Waals surface area contributed by atoms with E-state index in [2.05, 4.69) is 45.5 Å². The third kappa shape index (κ3) is 3.49. The van der Waals surface area contributed by atoms with Crippen LogP contribution < -0.4 is 11.1 Å². The van der Waals surface area contributed by atoms with E-state index in [0.29, 0.717) is 6.04 Å². The van der Waals surface area contributed by atoms with Gasteiger partial charge in [0.25, 0.3) is 0 Å². The second-order valence-electron chi connectivity index (χ2n) is 4.67. The first-order chi connectivity index (χ1) is 7.74. The van der Waals surface area contributed by atoms with E-state index >= 15 is 0 Å². The number of halogens is 1. The SMILES string of the molecule is NC1CCC(CNc2ccc(Br)cc2)CC1. The summed E-state index contributed by atoms with van der Waals surface area (Å²) in [6, 6.07) is 8.80. The van der Waals surface area contributed by atoms with E-state index in [1.807, 2.05) is 0 Å². The topological polar surface area (TPSA) is 38.0 Å².